The molecule has 2 aromatic rings. The minimum atomic E-state index is -4.67. The Morgan fingerprint density at radius 2 is 2.00 bits per heavy atom. The van der Waals surface area contributed by atoms with Crippen LogP contribution in [0.5, 0.6) is 11.5 Å². The predicted molar refractivity (Wildman–Crippen MR) is 78.1 cm³/mol. The molecule has 0 unspecified atom stereocenters. The summed E-state index contributed by atoms with van der Waals surface area (Å²) < 4.78 is 48.0. The summed E-state index contributed by atoms with van der Waals surface area (Å²) in [6.45, 7) is 3.67. The van der Waals surface area contributed by atoms with Crippen LogP contribution in [-0.2, 0) is 6.18 Å². The quantitative estimate of drug-likeness (QED) is 0.871. The number of rotatable bonds is 5. The van der Waals surface area contributed by atoms with Crippen molar-refractivity contribution in [2.45, 2.75) is 26.1 Å². The van der Waals surface area contributed by atoms with E-state index >= 15 is 0 Å². The summed E-state index contributed by atoms with van der Waals surface area (Å²) in [5, 5.41) is 7.19. The topological polar surface area (TPSA) is 89.1 Å². The second kappa shape index (κ2) is 6.77. The number of carbonyl (C=O) groups excluding carboxylic acids is 1. The lowest BCUT2D eigenvalue weighted by Crippen LogP contribution is -2.14. The van der Waals surface area contributed by atoms with E-state index in [1.54, 1.807) is 5.10 Å². The minimum Gasteiger partial charge on any atom is -0.493 e. The van der Waals surface area contributed by atoms with Crippen LogP contribution in [-0.4, -0.2) is 34.3 Å². The number of aromatic nitrogens is 3. The maximum Gasteiger partial charge on any atom is 0.451 e. The largest absolute Gasteiger partial charge is 0.493 e. The summed E-state index contributed by atoms with van der Waals surface area (Å²) in [6.07, 6.45) is -4.76. The van der Waals surface area contributed by atoms with E-state index in [9.17, 15) is 18.0 Å². The fourth-order valence-electron chi connectivity index (χ4n) is 1.78. The van der Waals surface area contributed by atoms with Crippen LogP contribution in [0, 0.1) is 0 Å². The van der Waals surface area contributed by atoms with E-state index in [0.29, 0.717) is 11.5 Å². The molecule has 1 heterocycles. The molecular weight excluding hydrogens is 329 g/mol. The minimum absolute atomic E-state index is 0.0902. The molecule has 130 valence electrons. The van der Waals surface area contributed by atoms with Gasteiger partial charge in [-0.3, -0.25) is 15.2 Å². The van der Waals surface area contributed by atoms with Gasteiger partial charge >= 0.3 is 6.18 Å². The van der Waals surface area contributed by atoms with Crippen LogP contribution < -0.4 is 14.8 Å². The summed E-state index contributed by atoms with van der Waals surface area (Å²) in [5.41, 5.74) is 0.154. The average molecular weight is 344 g/mol. The van der Waals surface area contributed by atoms with Crippen molar-refractivity contribution in [1.82, 2.24) is 15.2 Å². The average Bonchev–Trinajstić information content (AvgIpc) is 2.95. The number of methoxy groups -OCH3 is 1. The lowest BCUT2D eigenvalue weighted by Gasteiger charge is -2.14. The highest BCUT2D eigenvalue weighted by molar-refractivity contribution is 6.03. The zero-order valence-electron chi connectivity index (χ0n) is 13.1. The smallest absolute Gasteiger partial charge is 0.451 e. The summed E-state index contributed by atoms with van der Waals surface area (Å²) in [5.74, 6) is -1.69. The van der Waals surface area contributed by atoms with E-state index in [-0.39, 0.29) is 11.7 Å². The fourth-order valence-corrected chi connectivity index (χ4v) is 1.78. The molecule has 1 amide bonds. The first kappa shape index (κ1) is 17.6. The van der Waals surface area contributed by atoms with Crippen LogP contribution in [0.1, 0.15) is 30.0 Å². The second-order valence-electron chi connectivity index (χ2n) is 4.99. The zero-order valence-corrected chi connectivity index (χ0v) is 13.1. The van der Waals surface area contributed by atoms with E-state index in [1.807, 2.05) is 13.8 Å². The number of ether oxygens (including phenoxy) is 2. The highest BCUT2D eigenvalue weighted by Gasteiger charge is 2.35. The van der Waals surface area contributed by atoms with Crippen LogP contribution in [0.25, 0.3) is 0 Å². The van der Waals surface area contributed by atoms with E-state index in [2.05, 4.69) is 15.4 Å². The van der Waals surface area contributed by atoms with Crippen molar-refractivity contribution in [3.05, 3.63) is 29.6 Å². The Balaban J connectivity index is 2.16. The van der Waals surface area contributed by atoms with E-state index in [1.165, 1.54) is 25.3 Å². The maximum absolute atomic E-state index is 12.4. The van der Waals surface area contributed by atoms with Crippen molar-refractivity contribution in [2.24, 2.45) is 0 Å². The third kappa shape index (κ3) is 4.15. The SMILES string of the molecule is COc1cc(C(=O)Nc2n[nH]c(C(F)(F)F)n2)ccc1OC(C)C. The molecule has 2 rings (SSSR count). The maximum atomic E-state index is 12.4. The number of halogens is 3. The molecule has 10 heteroatoms. The molecule has 0 atom stereocenters. The third-order valence-corrected chi connectivity index (χ3v) is 2.77. The molecule has 7 nitrogen and oxygen atoms in total. The number of hydrogen-bond acceptors (Lipinski definition) is 5. The number of benzene rings is 1. The number of hydrogen-bond donors (Lipinski definition) is 2. The first-order valence-corrected chi connectivity index (χ1v) is 6.86. The van der Waals surface area contributed by atoms with Gasteiger partial charge in [-0.2, -0.15) is 18.2 Å². The molecular formula is C14H15F3N4O3. The molecule has 2 N–H and O–H groups in total. The van der Waals surface area contributed by atoms with E-state index in [4.69, 9.17) is 9.47 Å². The van der Waals surface area contributed by atoms with Gasteiger partial charge in [-0.25, -0.2) is 0 Å². The van der Waals surface area contributed by atoms with Crippen molar-refractivity contribution >= 4 is 11.9 Å². The molecule has 0 aliphatic heterocycles. The van der Waals surface area contributed by atoms with Crippen LogP contribution in [0.2, 0.25) is 0 Å². The van der Waals surface area contributed by atoms with Crippen LogP contribution in [0.3, 0.4) is 0 Å². The highest BCUT2D eigenvalue weighted by atomic mass is 19.4. The molecule has 1 aromatic heterocycles. The molecule has 1 aromatic carbocycles. The van der Waals surface area contributed by atoms with Crippen LogP contribution in [0.15, 0.2) is 18.2 Å². The van der Waals surface area contributed by atoms with Crippen molar-refractivity contribution in [3.63, 3.8) is 0 Å². The molecule has 0 saturated carbocycles. The number of alkyl halides is 3. The van der Waals surface area contributed by atoms with Crippen molar-refractivity contribution < 1.29 is 27.4 Å². The lowest BCUT2D eigenvalue weighted by atomic mass is 10.2. The fraction of sp³-hybridized carbons (Fsp3) is 0.357. The number of amides is 1. The number of anilines is 1. The normalized spacial score (nSPS) is 11.5. The van der Waals surface area contributed by atoms with Gasteiger partial charge in [-0.15, -0.1) is 5.10 Å². The molecule has 0 fully saturated rings. The third-order valence-electron chi connectivity index (χ3n) is 2.77. The van der Waals surface area contributed by atoms with Crippen molar-refractivity contribution in [2.75, 3.05) is 12.4 Å². The van der Waals surface area contributed by atoms with Gasteiger partial charge in [0.05, 0.1) is 13.2 Å². The highest BCUT2D eigenvalue weighted by Crippen LogP contribution is 2.29. The predicted octanol–water partition coefficient (Wildman–Crippen LogP) is 2.87. The Morgan fingerprint density at radius 3 is 2.54 bits per heavy atom. The van der Waals surface area contributed by atoms with E-state index < -0.39 is 23.9 Å². The van der Waals surface area contributed by atoms with Gasteiger partial charge in [0.25, 0.3) is 5.91 Å². The Labute approximate surface area is 135 Å². The number of aromatic amines is 1. The number of carbonyl (C=O) groups is 1. The van der Waals surface area contributed by atoms with Crippen molar-refractivity contribution in [1.29, 1.82) is 0 Å². The molecule has 0 radical (unpaired) electrons. The standard InChI is InChI=1S/C14H15F3N4O3/c1-7(2)24-9-5-4-8(6-10(9)23-3)11(22)18-13-19-12(20-21-13)14(15,16)17/h4-7H,1-3H3,(H2,18,19,20,21,22). The number of H-pyrrole nitrogens is 1. The van der Waals surface area contributed by atoms with Gasteiger partial charge in [0.2, 0.25) is 11.8 Å². The molecule has 0 bridgehead atoms. The number of nitrogens with zero attached hydrogens (tertiary/aromatic N) is 2. The van der Waals surface area contributed by atoms with Crippen LogP contribution >= 0.6 is 0 Å². The summed E-state index contributed by atoms with van der Waals surface area (Å²) in [4.78, 5) is 15.3. The van der Waals surface area contributed by atoms with Crippen molar-refractivity contribution in [3.8, 4) is 11.5 Å². The van der Waals surface area contributed by atoms with Crippen LogP contribution in [0.4, 0.5) is 19.1 Å². The first-order chi connectivity index (χ1) is 11.2. The monoisotopic (exact) mass is 344 g/mol. The number of nitrogens with one attached hydrogen (secondary N) is 2. The summed E-state index contributed by atoms with van der Waals surface area (Å²) >= 11 is 0. The summed E-state index contributed by atoms with van der Waals surface area (Å²) in [6, 6.07) is 4.39. The molecule has 0 aliphatic rings. The molecule has 0 spiro atoms. The molecule has 0 saturated heterocycles. The first-order valence-electron chi connectivity index (χ1n) is 6.86. The molecule has 24 heavy (non-hydrogen) atoms. The van der Waals surface area contributed by atoms with Gasteiger partial charge in [-0.05, 0) is 32.0 Å². The Morgan fingerprint density at radius 1 is 1.29 bits per heavy atom. The zero-order chi connectivity index (χ0) is 17.9. The second-order valence-corrected chi connectivity index (χ2v) is 4.99. The van der Waals surface area contributed by atoms with Gasteiger partial charge in [-0.1, -0.05) is 0 Å². The van der Waals surface area contributed by atoms with Gasteiger partial charge in [0, 0.05) is 5.56 Å². The van der Waals surface area contributed by atoms with Gasteiger partial charge in [0.1, 0.15) is 0 Å². The lowest BCUT2D eigenvalue weighted by molar-refractivity contribution is -0.144. The Bertz CT molecular complexity index is 728. The Kier molecular flexibility index (Phi) is 4.96. The molecule has 0 aliphatic carbocycles. The Hall–Kier alpha value is -2.78. The van der Waals surface area contributed by atoms with Gasteiger partial charge < -0.3 is 9.47 Å². The van der Waals surface area contributed by atoms with E-state index in [0.717, 1.165) is 0 Å². The van der Waals surface area contributed by atoms with Gasteiger partial charge in [0.15, 0.2) is 11.5 Å². The summed E-state index contributed by atoms with van der Waals surface area (Å²) in [7, 11) is 1.41.